The predicted molar refractivity (Wildman–Crippen MR) is 164 cm³/mol. The van der Waals surface area contributed by atoms with E-state index < -0.39 is 6.03 Å². The molecule has 0 aliphatic heterocycles. The Hall–Kier alpha value is -3.26. The molecule has 0 spiro atoms. The first kappa shape index (κ1) is 29.2. The molecule has 1 aromatic carbocycles. The second-order valence-electron chi connectivity index (χ2n) is 10.4. The first-order valence-corrected chi connectivity index (χ1v) is 14.9. The number of ether oxygens (including phenoxy) is 1. The van der Waals surface area contributed by atoms with E-state index in [1.807, 2.05) is 51.1 Å². The molecule has 3 aromatic rings. The molecule has 2 heterocycles. The molecule has 2 amide bonds. The van der Waals surface area contributed by atoms with Crippen LogP contribution in [0.15, 0.2) is 68.4 Å². The number of allylic oxidation sites excluding steroid dienone is 4. The van der Waals surface area contributed by atoms with Crippen molar-refractivity contribution in [1.29, 1.82) is 0 Å². The third-order valence-electron chi connectivity index (χ3n) is 7.30. The molecule has 1 fully saturated rings. The van der Waals surface area contributed by atoms with Crippen molar-refractivity contribution in [2.75, 3.05) is 5.32 Å². The number of pyridine rings is 1. The fourth-order valence-corrected chi connectivity index (χ4v) is 5.76. The van der Waals surface area contributed by atoms with Crippen LogP contribution in [0, 0.1) is 6.92 Å². The summed E-state index contributed by atoms with van der Waals surface area (Å²) in [6.07, 6.45) is 9.98. The van der Waals surface area contributed by atoms with Gasteiger partial charge in [-0.3, -0.25) is 4.98 Å². The van der Waals surface area contributed by atoms with Gasteiger partial charge in [-0.25, -0.2) is 9.79 Å². The average molecular weight is 594 g/mol. The van der Waals surface area contributed by atoms with Crippen LogP contribution in [-0.2, 0) is 11.3 Å². The van der Waals surface area contributed by atoms with Gasteiger partial charge in [0.05, 0.1) is 18.4 Å². The van der Waals surface area contributed by atoms with Crippen LogP contribution < -0.4 is 5.32 Å². The van der Waals surface area contributed by atoms with Gasteiger partial charge in [0.1, 0.15) is 11.5 Å². The second-order valence-corrected chi connectivity index (χ2v) is 11.3. The molecule has 7 nitrogen and oxygen atoms in total. The molecule has 5 rings (SSSR count). The third-order valence-corrected chi connectivity index (χ3v) is 8.02. The minimum atomic E-state index is -0.438. The molecule has 1 saturated carbocycles. The molecule has 2 aliphatic carbocycles. The van der Waals surface area contributed by atoms with Crippen LogP contribution in [-0.4, -0.2) is 28.0 Å². The van der Waals surface area contributed by atoms with Crippen molar-refractivity contribution in [3.8, 4) is 11.1 Å². The summed E-state index contributed by atoms with van der Waals surface area (Å²) in [5, 5.41) is 8.57. The maximum absolute atomic E-state index is 13.0. The minimum absolute atomic E-state index is 0.258. The fourth-order valence-electron chi connectivity index (χ4n) is 5.10. The number of nitrogens with one attached hydrogen (secondary N) is 1. The average Bonchev–Trinajstić information content (AvgIpc) is 3.73. The lowest BCUT2D eigenvalue weighted by Crippen LogP contribution is -2.25. The minimum Gasteiger partial charge on any atom is -0.367 e. The number of aromatic nitrogens is 2. The lowest BCUT2D eigenvalue weighted by molar-refractivity contribution is 0.0798. The Morgan fingerprint density at radius 2 is 2.05 bits per heavy atom. The number of nitrogens with zero attached hydrogens (tertiary/aromatic N) is 3. The smallest absolute Gasteiger partial charge is 0.345 e. The van der Waals surface area contributed by atoms with Crippen LogP contribution in [0.4, 0.5) is 10.5 Å². The summed E-state index contributed by atoms with van der Waals surface area (Å²) in [6, 6.07) is 9.34. The molecule has 214 valence electrons. The zero-order valence-corrected chi connectivity index (χ0v) is 25.1. The number of hydrogen-bond acceptors (Lipinski definition) is 5. The molecule has 1 atom stereocenters. The molecule has 9 heteroatoms. The van der Waals surface area contributed by atoms with Gasteiger partial charge in [0.2, 0.25) is 0 Å². The van der Waals surface area contributed by atoms with Gasteiger partial charge in [0.15, 0.2) is 0 Å². The van der Waals surface area contributed by atoms with Gasteiger partial charge in [-0.1, -0.05) is 60.4 Å². The Balaban J connectivity index is 1.33. The van der Waals surface area contributed by atoms with Gasteiger partial charge < -0.3 is 14.6 Å². The van der Waals surface area contributed by atoms with Crippen molar-refractivity contribution in [3.63, 3.8) is 0 Å². The number of benzene rings is 1. The maximum Gasteiger partial charge on any atom is 0.345 e. The van der Waals surface area contributed by atoms with E-state index in [0.717, 1.165) is 52.8 Å². The topological polar surface area (TPSA) is 89.6 Å². The number of anilines is 1. The standard InChI is InChI=1S/C32H34Cl2N4O3/c1-4-27(37-32(39)36-23-15-19(3)14-22(16-23)21-8-7-13-35-17-21)28(5-2)40-18-24-30(38-41-31(24)20-11-12-20)29-25(33)9-6-10-26(29)34/h7-9,13-17,20,28H,4-6,10-12,18H2,1-3H3,(H,36,39). The highest BCUT2D eigenvalue weighted by molar-refractivity contribution is 6.42. The number of carbonyl (C=O) groups excluding carboxylic acids is 1. The number of amides is 2. The third kappa shape index (κ3) is 6.97. The molecule has 2 aliphatic rings. The van der Waals surface area contributed by atoms with E-state index in [9.17, 15) is 4.79 Å². The normalized spacial score (nSPS) is 16.5. The zero-order valence-electron chi connectivity index (χ0n) is 23.5. The lowest BCUT2D eigenvalue weighted by atomic mass is 9.99. The lowest BCUT2D eigenvalue weighted by Gasteiger charge is -2.19. The van der Waals surface area contributed by atoms with Gasteiger partial charge in [-0.15, -0.1) is 0 Å². The van der Waals surface area contributed by atoms with E-state index in [1.54, 1.807) is 12.4 Å². The SMILES string of the molecule is CCC(=NC(=O)Nc1cc(C)cc(-c2cccnc2)c1)C(CC)OCc1c(C2=C(Cl)CCC=C2Cl)noc1C1CC1. The first-order valence-electron chi connectivity index (χ1n) is 14.1. The monoisotopic (exact) mass is 592 g/mol. The Morgan fingerprint density at radius 1 is 1.22 bits per heavy atom. The van der Waals surface area contributed by atoms with Crippen molar-refractivity contribution in [1.82, 2.24) is 10.1 Å². The summed E-state index contributed by atoms with van der Waals surface area (Å²) in [6.45, 7) is 6.24. The molecule has 0 bridgehead atoms. The van der Waals surface area contributed by atoms with Gasteiger partial charge in [0, 0.05) is 50.8 Å². The van der Waals surface area contributed by atoms with E-state index in [1.165, 1.54) is 0 Å². The molecular weight excluding hydrogens is 559 g/mol. The van der Waals surface area contributed by atoms with E-state index >= 15 is 0 Å². The Morgan fingerprint density at radius 3 is 2.73 bits per heavy atom. The van der Waals surface area contributed by atoms with E-state index in [0.29, 0.717) is 52.3 Å². The first-order chi connectivity index (χ1) is 19.9. The number of aryl methyl sites for hydroxylation is 1. The summed E-state index contributed by atoms with van der Waals surface area (Å²) in [7, 11) is 0. The molecular formula is C32H34Cl2N4O3. The quantitative estimate of drug-likeness (QED) is 0.237. The van der Waals surface area contributed by atoms with Gasteiger partial charge >= 0.3 is 6.03 Å². The van der Waals surface area contributed by atoms with Crippen molar-refractivity contribution in [2.24, 2.45) is 4.99 Å². The number of carbonyl (C=O) groups is 1. The summed E-state index contributed by atoms with van der Waals surface area (Å²) >= 11 is 13.2. The predicted octanol–water partition coefficient (Wildman–Crippen LogP) is 9.17. The highest BCUT2D eigenvalue weighted by atomic mass is 35.5. The highest BCUT2D eigenvalue weighted by Crippen LogP contribution is 2.46. The number of aliphatic imine (C=N–C) groups is 1. The molecule has 1 unspecified atom stereocenters. The van der Waals surface area contributed by atoms with Crippen molar-refractivity contribution >= 4 is 46.2 Å². The Bertz CT molecular complexity index is 1510. The van der Waals surface area contributed by atoms with Crippen LogP contribution in [0.3, 0.4) is 0 Å². The summed E-state index contributed by atoms with van der Waals surface area (Å²) in [5.41, 5.74) is 6.55. The Labute approximate surface area is 250 Å². The van der Waals surface area contributed by atoms with E-state index in [4.69, 9.17) is 32.5 Å². The number of rotatable bonds is 10. The summed E-state index contributed by atoms with van der Waals surface area (Å²) in [5.74, 6) is 1.16. The van der Waals surface area contributed by atoms with E-state index in [2.05, 4.69) is 26.5 Å². The highest BCUT2D eigenvalue weighted by Gasteiger charge is 2.34. The second kappa shape index (κ2) is 13.1. The molecule has 0 radical (unpaired) electrons. The van der Waals surface area contributed by atoms with Gasteiger partial charge in [0.25, 0.3) is 0 Å². The van der Waals surface area contributed by atoms with Gasteiger partial charge in [-0.2, -0.15) is 0 Å². The van der Waals surface area contributed by atoms with Crippen LogP contribution in [0.1, 0.15) is 80.9 Å². The number of halogens is 2. The van der Waals surface area contributed by atoms with Crippen LogP contribution >= 0.6 is 23.2 Å². The van der Waals surface area contributed by atoms with Crippen LogP contribution in [0.2, 0.25) is 0 Å². The van der Waals surface area contributed by atoms with Gasteiger partial charge in [-0.05, 0) is 74.8 Å². The summed E-state index contributed by atoms with van der Waals surface area (Å²) in [4.78, 5) is 21.7. The largest absolute Gasteiger partial charge is 0.367 e. The fraction of sp³-hybridized carbons (Fsp3) is 0.375. The molecule has 2 aromatic heterocycles. The zero-order chi connectivity index (χ0) is 28.9. The van der Waals surface area contributed by atoms with Crippen molar-refractivity contribution in [3.05, 3.63) is 81.4 Å². The Kier molecular flexibility index (Phi) is 9.38. The number of hydrogen-bond donors (Lipinski definition) is 1. The molecule has 1 N–H and O–H groups in total. The maximum atomic E-state index is 13.0. The summed E-state index contributed by atoms with van der Waals surface area (Å²) < 4.78 is 12.2. The molecule has 0 saturated heterocycles. The van der Waals surface area contributed by atoms with Crippen LogP contribution in [0.5, 0.6) is 0 Å². The van der Waals surface area contributed by atoms with E-state index in [-0.39, 0.29) is 12.7 Å². The van der Waals surface area contributed by atoms with Crippen molar-refractivity contribution in [2.45, 2.75) is 77.9 Å². The molecule has 41 heavy (non-hydrogen) atoms. The number of urea groups is 1. The van der Waals surface area contributed by atoms with Crippen LogP contribution in [0.25, 0.3) is 16.7 Å². The van der Waals surface area contributed by atoms with Crippen molar-refractivity contribution < 1.29 is 14.1 Å².